The van der Waals surface area contributed by atoms with E-state index >= 15 is 0 Å². The van der Waals surface area contributed by atoms with Crippen molar-refractivity contribution in [3.8, 4) is 0 Å². The van der Waals surface area contributed by atoms with E-state index in [1.165, 1.54) is 11.0 Å². The second kappa shape index (κ2) is 11.5. The van der Waals surface area contributed by atoms with Crippen molar-refractivity contribution < 1.29 is 32.3 Å². The van der Waals surface area contributed by atoms with Crippen LogP contribution in [0.25, 0.3) is 0 Å². The number of carbonyl (C=O) groups excluding carboxylic acids is 3. The molecule has 0 bridgehead atoms. The molecule has 1 atom stereocenters. The van der Waals surface area contributed by atoms with Crippen LogP contribution in [0.5, 0.6) is 0 Å². The van der Waals surface area contributed by atoms with Gasteiger partial charge in [-0.3, -0.25) is 9.69 Å². The van der Waals surface area contributed by atoms with Gasteiger partial charge in [0.15, 0.2) is 0 Å². The third-order valence-electron chi connectivity index (χ3n) is 5.74. The van der Waals surface area contributed by atoms with Crippen molar-refractivity contribution in [2.45, 2.75) is 46.3 Å². The number of amides is 3. The minimum Gasteiger partial charge on any atom is -0.462 e. The number of esters is 1. The molecule has 3 rings (SSSR count). The van der Waals surface area contributed by atoms with Crippen molar-refractivity contribution >= 4 is 23.6 Å². The maximum atomic E-state index is 13.1. The number of benzene rings is 2. The van der Waals surface area contributed by atoms with E-state index in [9.17, 15) is 27.6 Å². The lowest BCUT2D eigenvalue weighted by Gasteiger charge is -2.35. The lowest BCUT2D eigenvalue weighted by molar-refractivity contribution is -0.141. The van der Waals surface area contributed by atoms with E-state index in [1.54, 1.807) is 31.2 Å². The number of nitrogens with zero attached hydrogens (tertiary/aromatic N) is 1. The minimum atomic E-state index is -4.58. The van der Waals surface area contributed by atoms with Gasteiger partial charge in [-0.2, -0.15) is 13.2 Å². The van der Waals surface area contributed by atoms with E-state index in [2.05, 4.69) is 10.6 Å². The largest absolute Gasteiger partial charge is 0.462 e. The molecule has 0 aliphatic carbocycles. The zero-order valence-electron chi connectivity index (χ0n) is 21.1. The molecule has 1 aliphatic rings. The predicted molar refractivity (Wildman–Crippen MR) is 133 cm³/mol. The number of alkyl halides is 3. The highest BCUT2D eigenvalue weighted by molar-refractivity contribution is 6.04. The molecule has 1 unspecified atom stereocenters. The normalized spacial score (nSPS) is 16.1. The molecule has 2 aromatic carbocycles. The summed E-state index contributed by atoms with van der Waals surface area (Å²) in [6.45, 7) is 8.05. The number of hydrogen-bond acceptors (Lipinski definition) is 4. The average Bonchev–Trinajstić information content (AvgIpc) is 2.84. The maximum Gasteiger partial charge on any atom is 0.416 e. The molecule has 198 valence electrons. The molecule has 0 radical (unpaired) electrons. The van der Waals surface area contributed by atoms with Crippen LogP contribution in [-0.4, -0.2) is 36.0 Å². The Balaban J connectivity index is 1.92. The molecule has 10 heteroatoms. The molecule has 0 spiro atoms. The molecule has 1 aliphatic heterocycles. The van der Waals surface area contributed by atoms with Crippen molar-refractivity contribution in [3.63, 3.8) is 0 Å². The summed E-state index contributed by atoms with van der Waals surface area (Å²) in [7, 11) is 0. The van der Waals surface area contributed by atoms with Crippen LogP contribution in [0.15, 0.2) is 59.8 Å². The van der Waals surface area contributed by atoms with Gasteiger partial charge in [0.2, 0.25) is 0 Å². The summed E-state index contributed by atoms with van der Waals surface area (Å²) in [5.74, 6) is -1.17. The van der Waals surface area contributed by atoms with Gasteiger partial charge >= 0.3 is 18.2 Å². The molecule has 2 N–H and O–H groups in total. The van der Waals surface area contributed by atoms with E-state index in [1.807, 2.05) is 20.8 Å². The molecule has 0 fully saturated rings. The van der Waals surface area contributed by atoms with Gasteiger partial charge in [-0.1, -0.05) is 39.0 Å². The van der Waals surface area contributed by atoms with Crippen molar-refractivity contribution in [3.05, 3.63) is 76.5 Å². The summed E-state index contributed by atoms with van der Waals surface area (Å²) in [6.07, 6.45) is -3.90. The first kappa shape index (κ1) is 27.8. The van der Waals surface area contributed by atoms with E-state index in [0.717, 1.165) is 18.2 Å². The molecular formula is C27H30F3N3O4. The Morgan fingerprint density at radius 2 is 1.84 bits per heavy atom. The molecular weight excluding hydrogens is 487 g/mol. The number of hydrogen-bond donors (Lipinski definition) is 2. The highest BCUT2D eigenvalue weighted by Gasteiger charge is 2.36. The zero-order chi connectivity index (χ0) is 27.3. The lowest BCUT2D eigenvalue weighted by Crippen LogP contribution is -2.48. The average molecular weight is 518 g/mol. The number of rotatable bonds is 8. The fourth-order valence-electron chi connectivity index (χ4n) is 3.94. The molecule has 0 saturated heterocycles. The van der Waals surface area contributed by atoms with E-state index < -0.39 is 29.7 Å². The van der Waals surface area contributed by atoms with Crippen LogP contribution in [0, 0.1) is 5.92 Å². The van der Waals surface area contributed by atoms with E-state index in [-0.39, 0.29) is 35.4 Å². The second-order valence-electron chi connectivity index (χ2n) is 9.18. The highest BCUT2D eigenvalue weighted by Crippen LogP contribution is 2.33. The zero-order valence-corrected chi connectivity index (χ0v) is 21.1. The minimum absolute atomic E-state index is 0.114. The van der Waals surface area contributed by atoms with Crippen molar-refractivity contribution in [1.29, 1.82) is 0 Å². The SMILES string of the molecule is CCCN1C(=O)NC(c2cccc(NC(=O)c3cccc(C(F)(F)F)c3)c2)C(C(=O)OCC(C)C)=C1C. The first-order valence-corrected chi connectivity index (χ1v) is 12.0. The third kappa shape index (κ3) is 6.69. The molecule has 0 saturated carbocycles. The van der Waals surface area contributed by atoms with Gasteiger partial charge in [0.25, 0.3) is 5.91 Å². The van der Waals surface area contributed by atoms with Crippen LogP contribution in [0.1, 0.15) is 61.6 Å². The van der Waals surface area contributed by atoms with Crippen molar-refractivity contribution in [2.75, 3.05) is 18.5 Å². The lowest BCUT2D eigenvalue weighted by atomic mass is 9.94. The Morgan fingerprint density at radius 3 is 2.49 bits per heavy atom. The third-order valence-corrected chi connectivity index (χ3v) is 5.74. The Hall–Kier alpha value is -3.82. The summed E-state index contributed by atoms with van der Waals surface area (Å²) in [6, 6.07) is 9.33. The summed E-state index contributed by atoms with van der Waals surface area (Å²) in [5.41, 5.74) is 0.452. The van der Waals surface area contributed by atoms with Crippen LogP contribution in [0.4, 0.5) is 23.7 Å². The fraction of sp³-hybridized carbons (Fsp3) is 0.370. The monoisotopic (exact) mass is 517 g/mol. The molecule has 0 aromatic heterocycles. The van der Waals surface area contributed by atoms with Crippen molar-refractivity contribution in [1.82, 2.24) is 10.2 Å². The summed E-state index contributed by atoms with van der Waals surface area (Å²) in [5, 5.41) is 5.43. The Morgan fingerprint density at radius 1 is 1.14 bits per heavy atom. The van der Waals surface area contributed by atoms with Crippen LogP contribution in [0.3, 0.4) is 0 Å². The first-order valence-electron chi connectivity index (χ1n) is 12.0. The van der Waals surface area contributed by atoms with Gasteiger partial charge in [-0.15, -0.1) is 0 Å². The molecule has 3 amide bonds. The molecule has 7 nitrogen and oxygen atoms in total. The first-order chi connectivity index (χ1) is 17.4. The maximum absolute atomic E-state index is 13.1. The van der Waals surface area contributed by atoms with Gasteiger partial charge < -0.3 is 15.4 Å². The van der Waals surface area contributed by atoms with Crippen LogP contribution >= 0.6 is 0 Å². The summed E-state index contributed by atoms with van der Waals surface area (Å²) >= 11 is 0. The Kier molecular flexibility index (Phi) is 8.62. The van der Waals surface area contributed by atoms with Crippen LogP contribution in [-0.2, 0) is 15.7 Å². The van der Waals surface area contributed by atoms with Gasteiger partial charge in [-0.25, -0.2) is 9.59 Å². The number of carbonyl (C=O) groups is 3. The molecule has 1 heterocycles. The summed E-state index contributed by atoms with van der Waals surface area (Å²) in [4.78, 5) is 40.1. The Bertz CT molecular complexity index is 1210. The van der Waals surface area contributed by atoms with E-state index in [4.69, 9.17) is 4.74 Å². The quantitative estimate of drug-likeness (QED) is 0.427. The fourth-order valence-corrected chi connectivity index (χ4v) is 3.94. The molecule has 2 aromatic rings. The molecule has 37 heavy (non-hydrogen) atoms. The van der Waals surface area contributed by atoms with Crippen LogP contribution in [0.2, 0.25) is 0 Å². The number of urea groups is 1. The van der Waals surface area contributed by atoms with E-state index in [0.29, 0.717) is 24.2 Å². The van der Waals surface area contributed by atoms with Gasteiger partial charge in [-0.05, 0) is 55.2 Å². The predicted octanol–water partition coefficient (Wildman–Crippen LogP) is 5.91. The topological polar surface area (TPSA) is 87.7 Å². The van der Waals surface area contributed by atoms with Crippen molar-refractivity contribution in [2.24, 2.45) is 5.92 Å². The smallest absolute Gasteiger partial charge is 0.416 e. The number of nitrogens with one attached hydrogen (secondary N) is 2. The standard InChI is InChI=1S/C27H30F3N3O4/c1-5-12-33-17(4)22(25(35)37-15-16(2)3)23(32-26(33)36)18-8-7-11-21(14-18)31-24(34)19-9-6-10-20(13-19)27(28,29)30/h6-11,13-14,16,23H,5,12,15H2,1-4H3,(H,31,34)(H,32,36). The highest BCUT2D eigenvalue weighted by atomic mass is 19.4. The van der Waals surface area contributed by atoms with Gasteiger partial charge in [0.1, 0.15) is 0 Å². The number of halogens is 3. The number of allylic oxidation sites excluding steroid dienone is 1. The Labute approximate surface area is 213 Å². The van der Waals surface area contributed by atoms with Gasteiger partial charge in [0, 0.05) is 23.5 Å². The number of ether oxygens (including phenoxy) is 1. The summed E-state index contributed by atoms with van der Waals surface area (Å²) < 4.78 is 44.6. The second-order valence-corrected chi connectivity index (χ2v) is 9.18. The number of anilines is 1. The van der Waals surface area contributed by atoms with Gasteiger partial charge in [0.05, 0.1) is 23.8 Å². The van der Waals surface area contributed by atoms with Crippen LogP contribution < -0.4 is 10.6 Å².